The zero-order valence-electron chi connectivity index (χ0n) is 10.4. The number of piperidine rings is 1. The topological polar surface area (TPSA) is 72.6 Å². The van der Waals surface area contributed by atoms with Gasteiger partial charge in [0, 0.05) is 13.1 Å². The highest BCUT2D eigenvalue weighted by Gasteiger charge is 2.12. The molecule has 0 spiro atoms. The number of carbonyl (C=O) groups is 2. The maximum absolute atomic E-state index is 10.1. The Morgan fingerprint density at radius 2 is 1.75 bits per heavy atom. The first kappa shape index (κ1) is 14.7. The minimum Gasteiger partial charge on any atom is -0.444 e. The second-order valence-corrected chi connectivity index (χ2v) is 4.74. The van der Waals surface area contributed by atoms with Gasteiger partial charge in [-0.1, -0.05) is 0 Å². The van der Waals surface area contributed by atoms with Gasteiger partial charge in [0.15, 0.2) is 0 Å². The predicted octanol–water partition coefficient (Wildman–Crippen LogP) is 1.51. The fraction of sp³-hybridized carbons (Fsp3) is 0.818. The lowest BCUT2D eigenvalue weighted by Gasteiger charge is -2.21. The van der Waals surface area contributed by atoms with E-state index in [4.69, 9.17) is 5.73 Å². The summed E-state index contributed by atoms with van der Waals surface area (Å²) in [6.07, 6.45) is 3.90. The third-order valence-corrected chi connectivity index (χ3v) is 1.95. The van der Waals surface area contributed by atoms with Gasteiger partial charge >= 0.3 is 6.09 Å². The zero-order valence-corrected chi connectivity index (χ0v) is 10.4. The minimum absolute atomic E-state index is 0.453. The van der Waals surface area contributed by atoms with Crippen LogP contribution in [-0.2, 0) is 9.53 Å². The summed E-state index contributed by atoms with van der Waals surface area (Å²) in [6, 6.07) is 0. The summed E-state index contributed by atoms with van der Waals surface area (Å²) in [7, 11) is 0. The number of rotatable bonds is 1. The van der Waals surface area contributed by atoms with Gasteiger partial charge in [-0.05, 0) is 40.0 Å². The molecule has 5 heteroatoms. The van der Waals surface area contributed by atoms with E-state index in [9.17, 15) is 9.59 Å². The highest BCUT2D eigenvalue weighted by Crippen LogP contribution is 2.05. The Bertz CT molecular complexity index is 218. The summed E-state index contributed by atoms with van der Waals surface area (Å²) in [6.45, 7) is 7.24. The molecule has 0 aromatic rings. The highest BCUT2D eigenvalue weighted by atomic mass is 16.6. The molecular formula is C11H22N2O3. The van der Waals surface area contributed by atoms with Crippen molar-refractivity contribution in [1.82, 2.24) is 4.90 Å². The standard InChI is InChI=1S/C6H11NO.C5H11NO2/c8-6-7-4-2-1-3-5-7;1-5(2,3)8-4(6)7/h6H,1-5H2;1-3H3,(H2,6,7). The SMILES string of the molecule is CC(C)(C)OC(N)=O.O=CN1CCCCC1. The Morgan fingerprint density at radius 3 is 1.94 bits per heavy atom. The van der Waals surface area contributed by atoms with Gasteiger partial charge in [0.2, 0.25) is 6.41 Å². The summed E-state index contributed by atoms with van der Waals surface area (Å²) in [5, 5.41) is 0. The van der Waals surface area contributed by atoms with Crippen molar-refractivity contribution in [3.05, 3.63) is 0 Å². The quantitative estimate of drug-likeness (QED) is 0.694. The normalized spacial score (nSPS) is 15.8. The Hall–Kier alpha value is -1.26. The molecule has 0 unspecified atom stereocenters. The molecule has 0 aromatic heterocycles. The molecule has 94 valence electrons. The van der Waals surface area contributed by atoms with Crippen molar-refractivity contribution in [3.8, 4) is 0 Å². The maximum Gasteiger partial charge on any atom is 0.405 e. The van der Waals surface area contributed by atoms with Crippen molar-refractivity contribution in [1.29, 1.82) is 0 Å². The largest absolute Gasteiger partial charge is 0.444 e. The van der Waals surface area contributed by atoms with E-state index in [0.29, 0.717) is 0 Å². The van der Waals surface area contributed by atoms with Crippen LogP contribution >= 0.6 is 0 Å². The van der Waals surface area contributed by atoms with Crippen LogP contribution in [0.1, 0.15) is 40.0 Å². The molecule has 16 heavy (non-hydrogen) atoms. The van der Waals surface area contributed by atoms with Crippen molar-refractivity contribution < 1.29 is 14.3 Å². The molecule has 5 nitrogen and oxygen atoms in total. The van der Waals surface area contributed by atoms with Crippen LogP contribution in [0.15, 0.2) is 0 Å². The molecule has 2 N–H and O–H groups in total. The van der Waals surface area contributed by atoms with E-state index in [1.807, 2.05) is 4.90 Å². The van der Waals surface area contributed by atoms with Crippen molar-refractivity contribution in [2.45, 2.75) is 45.6 Å². The number of hydrogen-bond donors (Lipinski definition) is 1. The van der Waals surface area contributed by atoms with Gasteiger partial charge in [0.25, 0.3) is 0 Å². The van der Waals surface area contributed by atoms with E-state index in [2.05, 4.69) is 4.74 Å². The second-order valence-electron chi connectivity index (χ2n) is 4.74. The van der Waals surface area contributed by atoms with Crippen molar-refractivity contribution in [2.75, 3.05) is 13.1 Å². The van der Waals surface area contributed by atoms with Gasteiger partial charge in [0.1, 0.15) is 5.60 Å². The van der Waals surface area contributed by atoms with Gasteiger partial charge in [-0.3, -0.25) is 4.79 Å². The number of hydrogen-bond acceptors (Lipinski definition) is 3. The van der Waals surface area contributed by atoms with Crippen LogP contribution < -0.4 is 5.73 Å². The molecule has 0 radical (unpaired) electrons. The molecule has 1 aliphatic heterocycles. The summed E-state index contributed by atoms with van der Waals surface area (Å²) >= 11 is 0. The lowest BCUT2D eigenvalue weighted by molar-refractivity contribution is -0.118. The lowest BCUT2D eigenvalue weighted by atomic mass is 10.1. The lowest BCUT2D eigenvalue weighted by Crippen LogP contribution is -2.27. The first-order valence-corrected chi connectivity index (χ1v) is 5.53. The van der Waals surface area contributed by atoms with E-state index < -0.39 is 11.7 Å². The van der Waals surface area contributed by atoms with E-state index in [1.165, 1.54) is 19.3 Å². The van der Waals surface area contributed by atoms with Gasteiger partial charge in [-0.25, -0.2) is 4.79 Å². The van der Waals surface area contributed by atoms with Gasteiger partial charge in [-0.15, -0.1) is 0 Å². The van der Waals surface area contributed by atoms with Crippen molar-refractivity contribution >= 4 is 12.5 Å². The predicted molar refractivity (Wildman–Crippen MR) is 61.9 cm³/mol. The number of carbonyl (C=O) groups excluding carboxylic acids is 2. The van der Waals surface area contributed by atoms with Crippen LogP contribution in [0, 0.1) is 0 Å². The van der Waals surface area contributed by atoms with E-state index in [1.54, 1.807) is 20.8 Å². The van der Waals surface area contributed by atoms with Gasteiger partial charge in [0.05, 0.1) is 0 Å². The summed E-state index contributed by atoms with van der Waals surface area (Å²) in [5.74, 6) is 0. The number of primary amides is 1. The molecule has 0 bridgehead atoms. The molecule has 0 saturated carbocycles. The van der Waals surface area contributed by atoms with E-state index in [0.717, 1.165) is 19.5 Å². The molecule has 2 amide bonds. The van der Waals surface area contributed by atoms with Crippen molar-refractivity contribution in [3.63, 3.8) is 0 Å². The summed E-state index contributed by atoms with van der Waals surface area (Å²) in [5.41, 5.74) is 4.26. The van der Waals surface area contributed by atoms with Crippen LogP contribution in [0.4, 0.5) is 4.79 Å². The zero-order chi connectivity index (χ0) is 12.6. The smallest absolute Gasteiger partial charge is 0.405 e. The molecule has 1 aliphatic rings. The summed E-state index contributed by atoms with van der Waals surface area (Å²) < 4.78 is 4.58. The molecule has 1 fully saturated rings. The first-order valence-electron chi connectivity index (χ1n) is 5.53. The fourth-order valence-corrected chi connectivity index (χ4v) is 1.33. The van der Waals surface area contributed by atoms with Crippen LogP contribution in [0.3, 0.4) is 0 Å². The first-order chi connectivity index (χ1) is 7.35. The average molecular weight is 230 g/mol. The second kappa shape index (κ2) is 7.09. The number of likely N-dealkylation sites (tertiary alicyclic amines) is 1. The molecule has 1 saturated heterocycles. The number of ether oxygens (including phenoxy) is 1. The fourth-order valence-electron chi connectivity index (χ4n) is 1.33. The minimum atomic E-state index is -0.725. The molecule has 0 aliphatic carbocycles. The average Bonchev–Trinajstić information content (AvgIpc) is 2.16. The summed E-state index contributed by atoms with van der Waals surface area (Å²) in [4.78, 5) is 21.9. The van der Waals surface area contributed by atoms with Crippen LogP contribution in [0.25, 0.3) is 0 Å². The van der Waals surface area contributed by atoms with Gasteiger partial charge < -0.3 is 15.4 Å². The Labute approximate surface area is 96.9 Å². The van der Waals surface area contributed by atoms with E-state index >= 15 is 0 Å². The monoisotopic (exact) mass is 230 g/mol. The Balaban J connectivity index is 0.000000281. The van der Waals surface area contributed by atoms with Crippen LogP contribution in [0.2, 0.25) is 0 Å². The molecule has 0 aromatic carbocycles. The molecule has 1 heterocycles. The number of amides is 2. The van der Waals surface area contributed by atoms with Crippen LogP contribution in [-0.4, -0.2) is 36.1 Å². The maximum atomic E-state index is 10.1. The molecule has 0 atom stereocenters. The molecular weight excluding hydrogens is 208 g/mol. The van der Waals surface area contributed by atoms with Crippen molar-refractivity contribution in [2.24, 2.45) is 5.73 Å². The molecule has 1 rings (SSSR count). The number of nitrogens with zero attached hydrogens (tertiary/aromatic N) is 1. The third-order valence-electron chi connectivity index (χ3n) is 1.95. The van der Waals surface area contributed by atoms with Gasteiger partial charge in [-0.2, -0.15) is 0 Å². The number of nitrogens with two attached hydrogens (primary N) is 1. The third kappa shape index (κ3) is 9.30. The Kier molecular flexibility index (Phi) is 6.53. The van der Waals surface area contributed by atoms with E-state index in [-0.39, 0.29) is 0 Å². The van der Waals surface area contributed by atoms with Crippen LogP contribution in [0.5, 0.6) is 0 Å². The Morgan fingerprint density at radius 1 is 1.25 bits per heavy atom. The highest BCUT2D eigenvalue weighted by molar-refractivity contribution is 5.65.